The van der Waals surface area contributed by atoms with E-state index in [2.05, 4.69) is 5.32 Å². The summed E-state index contributed by atoms with van der Waals surface area (Å²) in [5.74, 6) is -0.773. The van der Waals surface area contributed by atoms with Gasteiger partial charge in [0, 0.05) is 39.4 Å². The number of rotatable bonds is 3. The van der Waals surface area contributed by atoms with Crippen molar-refractivity contribution in [3.63, 3.8) is 0 Å². The first-order valence-electron chi connectivity index (χ1n) is 7.25. The largest absolute Gasteiger partial charge is 0.326 e. The van der Waals surface area contributed by atoms with E-state index in [4.69, 9.17) is 34.8 Å². The molecule has 7 heteroatoms. The second kappa shape index (κ2) is 7.01. The quantitative estimate of drug-likeness (QED) is 0.839. The molecule has 1 aliphatic heterocycles. The number of hydrogen-bond donors (Lipinski definition) is 1. The van der Waals surface area contributed by atoms with Crippen molar-refractivity contribution in [2.24, 2.45) is 5.92 Å². The molecule has 124 valence electrons. The summed E-state index contributed by atoms with van der Waals surface area (Å²) in [6.45, 7) is 0.320. The minimum atomic E-state index is -0.439. The minimum Gasteiger partial charge on any atom is -0.326 e. The van der Waals surface area contributed by atoms with E-state index < -0.39 is 5.92 Å². The number of carbonyl (C=O) groups excluding carboxylic acids is 2. The van der Waals surface area contributed by atoms with Crippen LogP contribution in [0.5, 0.6) is 0 Å². The first kappa shape index (κ1) is 17.1. The Morgan fingerprint density at radius 1 is 1.00 bits per heavy atom. The molecule has 2 aromatic carbocycles. The second-order valence-corrected chi connectivity index (χ2v) is 6.84. The molecule has 0 spiro atoms. The summed E-state index contributed by atoms with van der Waals surface area (Å²) in [6.07, 6.45) is 0.156. The van der Waals surface area contributed by atoms with Crippen molar-refractivity contribution in [2.75, 3.05) is 16.8 Å². The average Bonchev–Trinajstić information content (AvgIpc) is 2.89. The van der Waals surface area contributed by atoms with Gasteiger partial charge in [0.1, 0.15) is 0 Å². The fourth-order valence-corrected chi connectivity index (χ4v) is 3.28. The third-order valence-electron chi connectivity index (χ3n) is 3.76. The van der Waals surface area contributed by atoms with E-state index in [-0.39, 0.29) is 18.2 Å². The molecule has 1 heterocycles. The number of nitrogens with one attached hydrogen (secondary N) is 1. The summed E-state index contributed by atoms with van der Waals surface area (Å²) in [6, 6.07) is 11.8. The lowest BCUT2D eigenvalue weighted by Gasteiger charge is -2.17. The van der Waals surface area contributed by atoms with Gasteiger partial charge in [-0.25, -0.2) is 0 Å². The van der Waals surface area contributed by atoms with Crippen LogP contribution in [0.4, 0.5) is 11.4 Å². The highest BCUT2D eigenvalue weighted by Gasteiger charge is 2.35. The molecule has 2 amide bonds. The van der Waals surface area contributed by atoms with Crippen LogP contribution in [-0.2, 0) is 9.59 Å². The van der Waals surface area contributed by atoms with Gasteiger partial charge in [0.05, 0.1) is 5.92 Å². The zero-order valence-corrected chi connectivity index (χ0v) is 14.7. The van der Waals surface area contributed by atoms with Crippen molar-refractivity contribution >= 4 is 58.0 Å². The van der Waals surface area contributed by atoms with E-state index in [0.717, 1.165) is 5.69 Å². The number of carbonyl (C=O) groups is 2. The first-order valence-corrected chi connectivity index (χ1v) is 8.38. The molecular formula is C17H13Cl3N2O2. The first-order chi connectivity index (χ1) is 11.4. The molecule has 1 aliphatic rings. The van der Waals surface area contributed by atoms with Gasteiger partial charge in [0.15, 0.2) is 0 Å². The normalized spacial score (nSPS) is 17.2. The maximum atomic E-state index is 12.4. The van der Waals surface area contributed by atoms with Crippen LogP contribution in [0.1, 0.15) is 6.42 Å². The van der Waals surface area contributed by atoms with Gasteiger partial charge < -0.3 is 10.2 Å². The molecular weight excluding hydrogens is 371 g/mol. The van der Waals surface area contributed by atoms with E-state index >= 15 is 0 Å². The molecule has 0 aliphatic carbocycles. The van der Waals surface area contributed by atoms with E-state index in [1.807, 2.05) is 0 Å². The Balaban J connectivity index is 1.70. The van der Waals surface area contributed by atoms with E-state index in [9.17, 15) is 9.59 Å². The van der Waals surface area contributed by atoms with Gasteiger partial charge in [0.2, 0.25) is 11.8 Å². The topological polar surface area (TPSA) is 49.4 Å². The minimum absolute atomic E-state index is 0.0957. The van der Waals surface area contributed by atoms with Crippen LogP contribution >= 0.6 is 34.8 Å². The van der Waals surface area contributed by atoms with Gasteiger partial charge >= 0.3 is 0 Å². The lowest BCUT2D eigenvalue weighted by Crippen LogP contribution is -2.28. The van der Waals surface area contributed by atoms with Crippen molar-refractivity contribution in [2.45, 2.75) is 6.42 Å². The molecule has 0 unspecified atom stereocenters. The van der Waals surface area contributed by atoms with Crippen LogP contribution in [0, 0.1) is 5.92 Å². The molecule has 2 aromatic rings. The van der Waals surface area contributed by atoms with E-state index in [1.54, 1.807) is 47.4 Å². The third kappa shape index (κ3) is 3.83. The molecule has 0 aromatic heterocycles. The van der Waals surface area contributed by atoms with Crippen molar-refractivity contribution in [3.05, 3.63) is 57.5 Å². The van der Waals surface area contributed by atoms with Crippen LogP contribution in [0.15, 0.2) is 42.5 Å². The highest BCUT2D eigenvalue weighted by molar-refractivity contribution is 6.35. The zero-order chi connectivity index (χ0) is 17.3. The summed E-state index contributed by atoms with van der Waals surface area (Å²) in [7, 11) is 0. The SMILES string of the molecule is O=C(Nc1cc(Cl)cc(Cl)c1)[C@H]1CC(=O)N(c2ccc(Cl)cc2)C1. The highest BCUT2D eigenvalue weighted by Crippen LogP contribution is 2.28. The smallest absolute Gasteiger partial charge is 0.229 e. The molecule has 3 rings (SSSR count). The molecule has 24 heavy (non-hydrogen) atoms. The Kier molecular flexibility index (Phi) is 4.99. The Labute approximate surface area is 154 Å². The van der Waals surface area contributed by atoms with Crippen LogP contribution in [-0.4, -0.2) is 18.4 Å². The summed E-state index contributed by atoms with van der Waals surface area (Å²) < 4.78 is 0. The summed E-state index contributed by atoms with van der Waals surface area (Å²) in [5, 5.41) is 4.22. The van der Waals surface area contributed by atoms with Gasteiger partial charge in [-0.1, -0.05) is 34.8 Å². The predicted molar refractivity (Wildman–Crippen MR) is 97.0 cm³/mol. The van der Waals surface area contributed by atoms with Crippen LogP contribution in [0.25, 0.3) is 0 Å². The number of halogens is 3. The fourth-order valence-electron chi connectivity index (χ4n) is 2.62. The third-order valence-corrected chi connectivity index (χ3v) is 4.45. The summed E-state index contributed by atoms with van der Waals surface area (Å²) >= 11 is 17.7. The number of nitrogens with zero attached hydrogens (tertiary/aromatic N) is 1. The average molecular weight is 384 g/mol. The van der Waals surface area contributed by atoms with Crippen molar-refractivity contribution in [1.82, 2.24) is 0 Å². The highest BCUT2D eigenvalue weighted by atomic mass is 35.5. The van der Waals surface area contributed by atoms with Gasteiger partial charge in [-0.15, -0.1) is 0 Å². The van der Waals surface area contributed by atoms with Gasteiger partial charge in [-0.05, 0) is 42.5 Å². The summed E-state index contributed by atoms with van der Waals surface area (Å²) in [4.78, 5) is 26.2. The van der Waals surface area contributed by atoms with Gasteiger partial charge in [0.25, 0.3) is 0 Å². The van der Waals surface area contributed by atoms with E-state index in [0.29, 0.717) is 27.3 Å². The maximum absolute atomic E-state index is 12.4. The van der Waals surface area contributed by atoms with Crippen molar-refractivity contribution in [1.29, 1.82) is 0 Å². The molecule has 4 nitrogen and oxygen atoms in total. The number of amides is 2. The fraction of sp³-hybridized carbons (Fsp3) is 0.176. The predicted octanol–water partition coefficient (Wildman–Crippen LogP) is 4.64. The lowest BCUT2D eigenvalue weighted by molar-refractivity contribution is -0.122. The van der Waals surface area contributed by atoms with Crippen LogP contribution in [0.3, 0.4) is 0 Å². The molecule has 1 saturated heterocycles. The van der Waals surface area contributed by atoms with Gasteiger partial charge in [-0.2, -0.15) is 0 Å². The monoisotopic (exact) mass is 382 g/mol. The second-order valence-electron chi connectivity index (χ2n) is 5.53. The number of hydrogen-bond acceptors (Lipinski definition) is 2. The standard InChI is InChI=1S/C17H13Cl3N2O2/c18-11-1-3-15(4-2-11)22-9-10(5-16(22)23)17(24)21-14-7-12(19)6-13(20)8-14/h1-4,6-8,10H,5,9H2,(H,21,24)/t10-/m0/s1. The Morgan fingerprint density at radius 3 is 2.25 bits per heavy atom. The Morgan fingerprint density at radius 2 is 1.62 bits per heavy atom. The zero-order valence-electron chi connectivity index (χ0n) is 12.4. The molecule has 1 fully saturated rings. The Hall–Kier alpha value is -1.75. The molecule has 1 atom stereocenters. The van der Waals surface area contributed by atoms with Crippen LogP contribution in [0.2, 0.25) is 15.1 Å². The summed E-state index contributed by atoms with van der Waals surface area (Å²) in [5.41, 5.74) is 1.24. The molecule has 1 N–H and O–H groups in total. The van der Waals surface area contributed by atoms with Crippen LogP contribution < -0.4 is 10.2 Å². The number of benzene rings is 2. The molecule has 0 saturated carbocycles. The van der Waals surface area contributed by atoms with Gasteiger partial charge in [-0.3, -0.25) is 9.59 Å². The van der Waals surface area contributed by atoms with Crippen molar-refractivity contribution < 1.29 is 9.59 Å². The van der Waals surface area contributed by atoms with Crippen molar-refractivity contribution in [3.8, 4) is 0 Å². The Bertz CT molecular complexity index is 773. The number of anilines is 2. The van der Waals surface area contributed by atoms with E-state index in [1.165, 1.54) is 0 Å². The lowest BCUT2D eigenvalue weighted by atomic mass is 10.1. The maximum Gasteiger partial charge on any atom is 0.229 e. The molecule has 0 radical (unpaired) electrons. The molecule has 0 bridgehead atoms.